The first kappa shape index (κ1) is 12.6. The number of hydrogen-bond acceptors (Lipinski definition) is 2. The van der Waals surface area contributed by atoms with Gasteiger partial charge in [-0.1, -0.05) is 0 Å². The first-order valence-electron chi connectivity index (χ1n) is 3.71. The Balaban J connectivity index is 3.84. The highest BCUT2D eigenvalue weighted by Gasteiger charge is 2.40. The maximum Gasteiger partial charge on any atom is 0.471 e. The zero-order valence-corrected chi connectivity index (χ0v) is 8.34. The van der Waals surface area contributed by atoms with Gasteiger partial charge < -0.3 is 4.90 Å². The number of amides is 1. The fourth-order valence-corrected chi connectivity index (χ4v) is 1.18. The molecule has 78 valence electrons. The van der Waals surface area contributed by atoms with Crippen LogP contribution in [-0.2, 0) is 4.79 Å². The van der Waals surface area contributed by atoms with Crippen LogP contribution in [0.25, 0.3) is 0 Å². The minimum absolute atomic E-state index is 0.152. The van der Waals surface area contributed by atoms with Gasteiger partial charge in [0, 0.05) is 13.6 Å². The van der Waals surface area contributed by atoms with Gasteiger partial charge in [0.25, 0.3) is 0 Å². The van der Waals surface area contributed by atoms with E-state index in [-0.39, 0.29) is 6.54 Å². The van der Waals surface area contributed by atoms with Crippen molar-refractivity contribution in [3.63, 3.8) is 0 Å². The van der Waals surface area contributed by atoms with E-state index in [1.807, 2.05) is 6.26 Å². The van der Waals surface area contributed by atoms with Crippen LogP contribution in [-0.4, -0.2) is 42.6 Å². The second kappa shape index (κ2) is 5.36. The molecule has 6 heteroatoms. The Hall–Kier alpha value is -0.390. The predicted octanol–water partition coefficient (Wildman–Crippen LogP) is 1.76. The zero-order valence-electron chi connectivity index (χ0n) is 7.52. The maximum absolute atomic E-state index is 11.8. The summed E-state index contributed by atoms with van der Waals surface area (Å²) in [6.45, 7) is 0.152. The summed E-state index contributed by atoms with van der Waals surface area (Å²) < 4.78 is 35.4. The Morgan fingerprint density at radius 2 is 2.00 bits per heavy atom. The molecule has 0 aromatic carbocycles. The minimum Gasteiger partial charge on any atom is -0.338 e. The summed E-state index contributed by atoms with van der Waals surface area (Å²) in [6, 6.07) is 0. The van der Waals surface area contributed by atoms with E-state index >= 15 is 0 Å². The summed E-state index contributed by atoms with van der Waals surface area (Å²) in [5.74, 6) is -1.01. The predicted molar refractivity (Wildman–Crippen MR) is 46.7 cm³/mol. The van der Waals surface area contributed by atoms with Crippen LogP contribution in [0.15, 0.2) is 0 Å². The van der Waals surface area contributed by atoms with Crippen molar-refractivity contribution in [1.29, 1.82) is 0 Å². The van der Waals surface area contributed by atoms with Crippen molar-refractivity contribution in [2.45, 2.75) is 12.6 Å². The number of alkyl halides is 3. The zero-order chi connectivity index (χ0) is 10.5. The normalized spacial score (nSPS) is 11.5. The fraction of sp³-hybridized carbons (Fsp3) is 0.857. The molecular formula is C7H12F3NOS. The number of thioether (sulfide) groups is 1. The van der Waals surface area contributed by atoms with Gasteiger partial charge in [-0.25, -0.2) is 0 Å². The van der Waals surface area contributed by atoms with E-state index in [1.165, 1.54) is 0 Å². The Bertz CT molecular complexity index is 172. The molecule has 0 N–H and O–H groups in total. The first-order valence-corrected chi connectivity index (χ1v) is 5.10. The molecule has 0 saturated carbocycles. The van der Waals surface area contributed by atoms with Gasteiger partial charge in [-0.15, -0.1) is 0 Å². The Morgan fingerprint density at radius 3 is 2.38 bits per heavy atom. The fourth-order valence-electron chi connectivity index (χ4n) is 0.764. The van der Waals surface area contributed by atoms with Crippen LogP contribution in [0.1, 0.15) is 6.42 Å². The van der Waals surface area contributed by atoms with Crippen molar-refractivity contribution in [3.05, 3.63) is 0 Å². The smallest absolute Gasteiger partial charge is 0.338 e. The summed E-state index contributed by atoms with van der Waals surface area (Å²) in [5.41, 5.74) is 0. The van der Waals surface area contributed by atoms with Crippen molar-refractivity contribution < 1.29 is 18.0 Å². The van der Waals surface area contributed by atoms with Gasteiger partial charge in [-0.3, -0.25) is 4.79 Å². The number of nitrogens with zero attached hydrogens (tertiary/aromatic N) is 1. The number of hydrogen-bond donors (Lipinski definition) is 0. The first-order chi connectivity index (χ1) is 5.89. The highest BCUT2D eigenvalue weighted by molar-refractivity contribution is 7.98. The van der Waals surface area contributed by atoms with Crippen LogP contribution < -0.4 is 0 Å². The summed E-state index contributed by atoms with van der Waals surface area (Å²) in [6.07, 6.45) is -2.29. The highest BCUT2D eigenvalue weighted by Crippen LogP contribution is 2.17. The molecule has 13 heavy (non-hydrogen) atoms. The topological polar surface area (TPSA) is 20.3 Å². The monoisotopic (exact) mass is 215 g/mol. The SMILES string of the molecule is CSCCCN(C)C(=O)C(F)(F)F. The number of rotatable bonds is 4. The molecule has 0 heterocycles. The van der Waals surface area contributed by atoms with E-state index in [4.69, 9.17) is 0 Å². The minimum atomic E-state index is -4.74. The van der Waals surface area contributed by atoms with Crippen molar-refractivity contribution in [3.8, 4) is 0 Å². The third kappa shape index (κ3) is 5.02. The molecule has 0 saturated heterocycles. The van der Waals surface area contributed by atoms with Crippen LogP contribution >= 0.6 is 11.8 Å². The molecule has 0 spiro atoms. The van der Waals surface area contributed by atoms with E-state index < -0.39 is 12.1 Å². The standard InChI is InChI=1S/C7H12F3NOS/c1-11(4-3-5-13-2)6(12)7(8,9)10/h3-5H2,1-2H3. The molecule has 0 unspecified atom stereocenters. The number of carbonyl (C=O) groups is 1. The molecule has 0 aliphatic carbocycles. The maximum atomic E-state index is 11.8. The average Bonchev–Trinajstić information content (AvgIpc) is 2.01. The van der Waals surface area contributed by atoms with Crippen LogP contribution in [0.4, 0.5) is 13.2 Å². The molecule has 0 aliphatic heterocycles. The molecule has 2 nitrogen and oxygen atoms in total. The molecule has 0 aliphatic rings. The Morgan fingerprint density at radius 1 is 1.46 bits per heavy atom. The molecule has 0 bridgehead atoms. The van der Waals surface area contributed by atoms with Gasteiger partial charge in [0.2, 0.25) is 0 Å². The molecule has 0 aromatic heterocycles. The van der Waals surface area contributed by atoms with Crippen LogP contribution in [0.2, 0.25) is 0 Å². The third-order valence-corrected chi connectivity index (χ3v) is 2.13. The van der Waals surface area contributed by atoms with Gasteiger partial charge in [0.1, 0.15) is 0 Å². The average molecular weight is 215 g/mol. The van der Waals surface area contributed by atoms with Gasteiger partial charge in [0.05, 0.1) is 0 Å². The van der Waals surface area contributed by atoms with Crippen molar-refractivity contribution >= 4 is 17.7 Å². The van der Waals surface area contributed by atoms with Crippen LogP contribution in [0.3, 0.4) is 0 Å². The van der Waals surface area contributed by atoms with Crippen LogP contribution in [0, 0.1) is 0 Å². The largest absolute Gasteiger partial charge is 0.471 e. The quantitative estimate of drug-likeness (QED) is 0.666. The van der Waals surface area contributed by atoms with Crippen molar-refractivity contribution in [2.75, 3.05) is 25.6 Å². The lowest BCUT2D eigenvalue weighted by Gasteiger charge is -2.17. The lowest BCUT2D eigenvalue weighted by Crippen LogP contribution is -2.39. The molecular weight excluding hydrogens is 203 g/mol. The van der Waals surface area contributed by atoms with E-state index in [9.17, 15) is 18.0 Å². The molecule has 0 rings (SSSR count). The number of halogens is 3. The van der Waals surface area contributed by atoms with Crippen molar-refractivity contribution in [2.24, 2.45) is 0 Å². The van der Waals surface area contributed by atoms with Crippen molar-refractivity contribution in [1.82, 2.24) is 4.90 Å². The highest BCUT2D eigenvalue weighted by atomic mass is 32.2. The summed E-state index contributed by atoms with van der Waals surface area (Å²) in [5, 5.41) is 0. The van der Waals surface area contributed by atoms with E-state index in [2.05, 4.69) is 0 Å². The summed E-state index contributed by atoms with van der Waals surface area (Å²) >= 11 is 1.54. The van der Waals surface area contributed by atoms with E-state index in [1.54, 1.807) is 11.8 Å². The lowest BCUT2D eigenvalue weighted by molar-refractivity contribution is -0.184. The molecule has 0 fully saturated rings. The van der Waals surface area contributed by atoms with Gasteiger partial charge in [0.15, 0.2) is 0 Å². The Labute approximate surface area is 79.5 Å². The molecule has 0 atom stereocenters. The molecule has 1 amide bonds. The Kier molecular flexibility index (Phi) is 5.20. The van der Waals surface area contributed by atoms with E-state index in [0.717, 1.165) is 12.8 Å². The van der Waals surface area contributed by atoms with Gasteiger partial charge in [-0.05, 0) is 18.4 Å². The number of carbonyl (C=O) groups excluding carboxylic acids is 1. The molecule has 0 radical (unpaired) electrons. The van der Waals surface area contributed by atoms with E-state index in [0.29, 0.717) is 11.3 Å². The second-order valence-corrected chi connectivity index (χ2v) is 3.56. The third-order valence-electron chi connectivity index (χ3n) is 1.43. The summed E-state index contributed by atoms with van der Waals surface area (Å²) in [7, 11) is 1.16. The van der Waals surface area contributed by atoms with Gasteiger partial charge >= 0.3 is 12.1 Å². The molecule has 0 aromatic rings. The lowest BCUT2D eigenvalue weighted by atomic mass is 10.4. The second-order valence-electron chi connectivity index (χ2n) is 2.57. The summed E-state index contributed by atoms with van der Waals surface area (Å²) in [4.78, 5) is 11.3. The van der Waals surface area contributed by atoms with Crippen LogP contribution in [0.5, 0.6) is 0 Å². The van der Waals surface area contributed by atoms with Gasteiger partial charge in [-0.2, -0.15) is 24.9 Å².